The smallest absolute Gasteiger partial charge is 0.306 e. The fourth-order valence-corrected chi connectivity index (χ4v) is 7.92. The van der Waals surface area contributed by atoms with Crippen LogP contribution < -0.4 is 5.11 Å². The Morgan fingerprint density at radius 1 is 0.462 bits per heavy atom. The Hall–Kier alpha value is -2.23. The summed E-state index contributed by atoms with van der Waals surface area (Å²) in [6.45, 7) is 4.75. The maximum atomic E-state index is 12.8. The number of quaternary nitrogens is 1. The van der Waals surface area contributed by atoms with E-state index in [2.05, 4.69) is 38.2 Å². The van der Waals surface area contributed by atoms with Crippen LogP contribution in [0.5, 0.6) is 0 Å². The van der Waals surface area contributed by atoms with E-state index in [-0.39, 0.29) is 32.2 Å². The second-order valence-electron chi connectivity index (χ2n) is 19.9. The van der Waals surface area contributed by atoms with Gasteiger partial charge in [-0.1, -0.05) is 224 Å². The average molecular weight is 920 g/mol. The number of allylic oxidation sites excluding steroid dienone is 4. The minimum absolute atomic E-state index is 0.148. The molecule has 0 amide bonds. The summed E-state index contributed by atoms with van der Waals surface area (Å²) in [5, 5.41) is 11.7. The molecule has 0 saturated carbocycles. The van der Waals surface area contributed by atoms with Crippen molar-refractivity contribution in [3.8, 4) is 0 Å². The third-order valence-corrected chi connectivity index (χ3v) is 12.2. The molecule has 2 unspecified atom stereocenters. The van der Waals surface area contributed by atoms with Crippen LogP contribution in [-0.4, -0.2) is 82.3 Å². The molecule has 0 aliphatic rings. The number of aliphatic carboxylic acids is 1. The number of rotatable bonds is 51. The molecule has 0 aromatic heterocycles. The molecular weight excluding hydrogens is 815 g/mol. The molecule has 2 atom stereocenters. The van der Waals surface area contributed by atoms with E-state index >= 15 is 0 Å². The first-order chi connectivity index (χ1) is 31.6. The van der Waals surface area contributed by atoms with Crippen molar-refractivity contribution in [3.63, 3.8) is 0 Å². The highest BCUT2D eigenvalue weighted by atomic mass is 16.7. The first-order valence-electron chi connectivity index (χ1n) is 27.5. The average Bonchev–Trinajstić information content (AvgIpc) is 3.27. The number of carboxylic acids is 1. The summed E-state index contributed by atoms with van der Waals surface area (Å²) in [6, 6.07) is 0. The van der Waals surface area contributed by atoms with Gasteiger partial charge in [-0.3, -0.25) is 9.59 Å². The minimum Gasteiger partial charge on any atom is -0.545 e. The van der Waals surface area contributed by atoms with Crippen LogP contribution in [0.4, 0.5) is 0 Å². The number of nitrogens with zero attached hydrogens (tertiary/aromatic N) is 1. The number of likely N-dealkylation sites (N-methyl/N-ethyl adjacent to an activating group) is 1. The van der Waals surface area contributed by atoms with Gasteiger partial charge < -0.3 is 33.3 Å². The number of carbonyl (C=O) groups is 3. The summed E-state index contributed by atoms with van der Waals surface area (Å²) in [4.78, 5) is 37.2. The number of unbranched alkanes of at least 4 members (excludes halogenated alkanes) is 32. The fraction of sp³-hybridized carbons (Fsp3) is 0.875. The molecule has 0 fully saturated rings. The van der Waals surface area contributed by atoms with Gasteiger partial charge in [0.25, 0.3) is 0 Å². The van der Waals surface area contributed by atoms with Gasteiger partial charge in [0, 0.05) is 12.8 Å². The summed E-state index contributed by atoms with van der Waals surface area (Å²) in [7, 11) is 5.92. The minimum atomic E-state index is -1.62. The Morgan fingerprint density at radius 2 is 0.831 bits per heavy atom. The molecule has 0 aromatic carbocycles. The summed E-state index contributed by atoms with van der Waals surface area (Å²) in [6.07, 6.45) is 52.2. The Balaban J connectivity index is 4.24. The highest BCUT2D eigenvalue weighted by Crippen LogP contribution is 2.17. The van der Waals surface area contributed by atoms with Crippen LogP contribution >= 0.6 is 0 Å². The lowest BCUT2D eigenvalue weighted by atomic mass is 10.0. The predicted octanol–water partition coefficient (Wildman–Crippen LogP) is 14.2. The number of carbonyl (C=O) groups excluding carboxylic acids is 3. The van der Waals surface area contributed by atoms with Gasteiger partial charge in [-0.25, -0.2) is 0 Å². The molecule has 0 bridgehead atoms. The molecule has 382 valence electrons. The van der Waals surface area contributed by atoms with Gasteiger partial charge in [-0.05, 0) is 44.9 Å². The van der Waals surface area contributed by atoms with Crippen LogP contribution in [0.15, 0.2) is 24.3 Å². The second-order valence-corrected chi connectivity index (χ2v) is 19.9. The van der Waals surface area contributed by atoms with E-state index in [1.54, 1.807) is 0 Å². The van der Waals surface area contributed by atoms with Gasteiger partial charge in [0.05, 0.1) is 40.3 Å². The van der Waals surface area contributed by atoms with E-state index < -0.39 is 24.3 Å². The van der Waals surface area contributed by atoms with E-state index in [1.807, 2.05) is 21.1 Å². The van der Waals surface area contributed by atoms with E-state index in [0.29, 0.717) is 23.9 Å². The van der Waals surface area contributed by atoms with Crippen molar-refractivity contribution >= 4 is 17.9 Å². The zero-order chi connectivity index (χ0) is 47.7. The molecule has 0 aliphatic carbocycles. The molecule has 0 rings (SSSR count). The zero-order valence-electron chi connectivity index (χ0n) is 43.4. The SMILES string of the molecule is CCCCC/C=C\C/C=C\CCCCCCCCCC(=O)OC(COC(=O)CCCCCCCCCCCCCCCCCCCCCCCCC)COC(OCC[N+](C)(C)C)C(=O)[O-]. The summed E-state index contributed by atoms with van der Waals surface area (Å²) in [5.74, 6) is -2.28. The highest BCUT2D eigenvalue weighted by Gasteiger charge is 2.22. The van der Waals surface area contributed by atoms with Crippen molar-refractivity contribution in [1.29, 1.82) is 0 Å². The largest absolute Gasteiger partial charge is 0.545 e. The molecule has 0 spiro atoms. The predicted molar refractivity (Wildman–Crippen MR) is 270 cm³/mol. The number of esters is 2. The van der Waals surface area contributed by atoms with Gasteiger partial charge in [-0.15, -0.1) is 0 Å². The molecule has 65 heavy (non-hydrogen) atoms. The normalized spacial score (nSPS) is 12.9. The van der Waals surface area contributed by atoms with Crippen LogP contribution in [0.25, 0.3) is 0 Å². The molecule has 0 aliphatic heterocycles. The Morgan fingerprint density at radius 3 is 1.25 bits per heavy atom. The van der Waals surface area contributed by atoms with Crippen LogP contribution in [0.2, 0.25) is 0 Å². The molecule has 9 heteroatoms. The molecule has 0 saturated heterocycles. The Bertz CT molecular complexity index is 1120. The maximum Gasteiger partial charge on any atom is 0.306 e. The third kappa shape index (κ3) is 49.5. The molecule has 0 aromatic rings. The van der Waals surface area contributed by atoms with Crippen molar-refractivity contribution in [2.24, 2.45) is 0 Å². The molecule has 0 heterocycles. The molecule has 0 radical (unpaired) electrons. The zero-order valence-corrected chi connectivity index (χ0v) is 43.4. The lowest BCUT2D eigenvalue weighted by Crippen LogP contribution is -2.44. The van der Waals surface area contributed by atoms with Crippen LogP contribution in [0, 0.1) is 0 Å². The monoisotopic (exact) mass is 920 g/mol. The van der Waals surface area contributed by atoms with E-state index in [0.717, 1.165) is 51.4 Å². The lowest BCUT2D eigenvalue weighted by Gasteiger charge is -2.26. The van der Waals surface area contributed by atoms with E-state index in [1.165, 1.54) is 173 Å². The summed E-state index contributed by atoms with van der Waals surface area (Å²) < 4.78 is 22.7. The number of hydrogen-bond donors (Lipinski definition) is 0. The Kier molecular flexibility index (Phi) is 46.6. The van der Waals surface area contributed by atoms with Gasteiger partial charge in [0.1, 0.15) is 13.2 Å². The van der Waals surface area contributed by atoms with Gasteiger partial charge in [0.2, 0.25) is 0 Å². The topological polar surface area (TPSA) is 111 Å². The fourth-order valence-electron chi connectivity index (χ4n) is 7.92. The first-order valence-corrected chi connectivity index (χ1v) is 27.5. The van der Waals surface area contributed by atoms with Crippen LogP contribution in [-0.2, 0) is 33.3 Å². The second kappa shape index (κ2) is 48.2. The number of carboxylic acid groups (broad SMARTS) is 1. The quantitative estimate of drug-likeness (QED) is 0.0195. The molecular formula is C56H105NO8. The number of ether oxygens (including phenoxy) is 4. The van der Waals surface area contributed by atoms with Gasteiger partial charge in [0.15, 0.2) is 12.4 Å². The molecule has 9 nitrogen and oxygen atoms in total. The van der Waals surface area contributed by atoms with Crippen LogP contribution in [0.3, 0.4) is 0 Å². The van der Waals surface area contributed by atoms with E-state index in [4.69, 9.17) is 18.9 Å². The van der Waals surface area contributed by atoms with Crippen molar-refractivity contribution in [2.45, 2.75) is 270 Å². The van der Waals surface area contributed by atoms with Crippen molar-refractivity contribution in [3.05, 3.63) is 24.3 Å². The number of hydrogen-bond acceptors (Lipinski definition) is 8. The van der Waals surface area contributed by atoms with E-state index in [9.17, 15) is 19.5 Å². The maximum absolute atomic E-state index is 12.8. The standard InChI is InChI=1S/C56H105NO8/c1-6-8-10-12-14-16-18-20-22-24-25-26-27-28-29-31-32-34-36-38-40-42-44-46-53(58)63-50-52(51-64-56(55(60)61)62-49-48-57(3,4)5)65-54(59)47-45-43-41-39-37-35-33-30-23-21-19-17-15-13-11-9-7-2/h15,17,21,23,52,56H,6-14,16,18-20,22,24-51H2,1-5H3/b17-15-,23-21-. The third-order valence-electron chi connectivity index (χ3n) is 12.2. The van der Waals surface area contributed by atoms with Crippen LogP contribution in [0.1, 0.15) is 258 Å². The Labute approximate surface area is 401 Å². The highest BCUT2D eigenvalue weighted by molar-refractivity contribution is 5.70. The van der Waals surface area contributed by atoms with Crippen molar-refractivity contribution in [1.82, 2.24) is 0 Å². The lowest BCUT2D eigenvalue weighted by molar-refractivity contribution is -0.870. The van der Waals surface area contributed by atoms with Crippen molar-refractivity contribution < 1.29 is 42.9 Å². The van der Waals surface area contributed by atoms with Gasteiger partial charge in [-0.2, -0.15) is 0 Å². The molecule has 0 N–H and O–H groups in total. The first kappa shape index (κ1) is 62.8. The van der Waals surface area contributed by atoms with Gasteiger partial charge >= 0.3 is 11.9 Å². The summed E-state index contributed by atoms with van der Waals surface area (Å²) in [5.41, 5.74) is 0. The van der Waals surface area contributed by atoms with Crippen molar-refractivity contribution in [2.75, 3.05) is 47.5 Å². The summed E-state index contributed by atoms with van der Waals surface area (Å²) >= 11 is 0.